The van der Waals surface area contributed by atoms with Gasteiger partial charge in [-0.2, -0.15) is 5.10 Å². The first-order chi connectivity index (χ1) is 11.2. The maximum atomic E-state index is 11.9. The van der Waals surface area contributed by atoms with Crippen molar-refractivity contribution >= 4 is 29.3 Å². The molecule has 1 heterocycles. The van der Waals surface area contributed by atoms with Gasteiger partial charge in [-0.05, 0) is 30.7 Å². The number of aliphatic carboxylic acids is 1. The zero-order valence-corrected chi connectivity index (χ0v) is 14.6. The van der Waals surface area contributed by atoms with Gasteiger partial charge in [-0.3, -0.25) is 4.79 Å². The highest BCUT2D eigenvalue weighted by Crippen LogP contribution is 2.26. The number of benzene rings is 1. The van der Waals surface area contributed by atoms with Crippen molar-refractivity contribution in [1.29, 1.82) is 0 Å². The monoisotopic (exact) mass is 348 g/mol. The topological polar surface area (TPSA) is 87.0 Å². The number of nitrogens with one attached hydrogen (secondary N) is 1. The Morgan fingerprint density at radius 3 is 2.38 bits per heavy atom. The van der Waals surface area contributed by atoms with E-state index in [0.29, 0.717) is 10.8 Å². The Morgan fingerprint density at radius 1 is 1.21 bits per heavy atom. The molecule has 0 fully saturated rings. The fourth-order valence-electron chi connectivity index (χ4n) is 2.04. The summed E-state index contributed by atoms with van der Waals surface area (Å²) in [6.45, 7) is 6.05. The van der Waals surface area contributed by atoms with Gasteiger partial charge in [-0.1, -0.05) is 32.4 Å². The second kappa shape index (κ2) is 7.05. The summed E-state index contributed by atoms with van der Waals surface area (Å²) < 4.78 is 1.60. The van der Waals surface area contributed by atoms with Gasteiger partial charge < -0.3 is 15.2 Å². The van der Waals surface area contributed by atoms with Crippen LogP contribution in [0.4, 0.5) is 5.82 Å². The number of nitrogens with zero attached hydrogens (tertiary/aromatic N) is 2. The number of hydrogen-bond acceptors (Lipinski definition) is 4. The van der Waals surface area contributed by atoms with Crippen LogP contribution in [0, 0.1) is 0 Å². The number of amides is 1. The molecule has 0 aliphatic carbocycles. The molecule has 7 heteroatoms. The lowest BCUT2D eigenvalue weighted by molar-refractivity contribution is -0.305. The van der Waals surface area contributed by atoms with Crippen molar-refractivity contribution in [2.45, 2.75) is 39.0 Å². The van der Waals surface area contributed by atoms with Crippen LogP contribution in [0.1, 0.15) is 39.3 Å². The summed E-state index contributed by atoms with van der Waals surface area (Å²) in [5.41, 5.74) is 1.33. The number of carboxylic acid groups (broad SMARTS) is 1. The van der Waals surface area contributed by atoms with Gasteiger partial charge in [-0.15, -0.1) is 0 Å². The fraction of sp³-hybridized carbons (Fsp3) is 0.353. The molecule has 0 atom stereocenters. The molecule has 0 saturated carbocycles. The summed E-state index contributed by atoms with van der Waals surface area (Å²) in [4.78, 5) is 22.4. The molecule has 0 unspecified atom stereocenters. The Balaban J connectivity index is 2.34. The van der Waals surface area contributed by atoms with Crippen molar-refractivity contribution in [3.05, 3.63) is 41.0 Å². The minimum Gasteiger partial charge on any atom is -0.550 e. The van der Waals surface area contributed by atoms with Crippen LogP contribution in [0.3, 0.4) is 0 Å². The van der Waals surface area contributed by atoms with E-state index < -0.39 is 11.9 Å². The second-order valence-corrected chi connectivity index (χ2v) is 6.91. The maximum absolute atomic E-state index is 11.9. The molecular weight excluding hydrogens is 330 g/mol. The van der Waals surface area contributed by atoms with Gasteiger partial charge in [0.1, 0.15) is 5.82 Å². The van der Waals surface area contributed by atoms with Crippen LogP contribution in [-0.2, 0) is 15.0 Å². The van der Waals surface area contributed by atoms with Gasteiger partial charge >= 0.3 is 0 Å². The predicted octanol–water partition coefficient (Wildman–Crippen LogP) is 2.29. The summed E-state index contributed by atoms with van der Waals surface area (Å²) in [5, 5.41) is 18.4. The molecule has 1 amide bonds. The average Bonchev–Trinajstić information content (AvgIpc) is 2.90. The third kappa shape index (κ3) is 4.58. The lowest BCUT2D eigenvalue weighted by Crippen LogP contribution is -2.24. The van der Waals surface area contributed by atoms with Crippen molar-refractivity contribution in [3.63, 3.8) is 0 Å². The van der Waals surface area contributed by atoms with Gasteiger partial charge in [0, 0.05) is 28.9 Å². The summed E-state index contributed by atoms with van der Waals surface area (Å²) in [6.07, 6.45) is -0.480. The number of carbonyl (C=O) groups is 2. The Hall–Kier alpha value is -2.34. The van der Waals surface area contributed by atoms with E-state index in [-0.39, 0.29) is 18.3 Å². The predicted molar refractivity (Wildman–Crippen MR) is 90.1 cm³/mol. The lowest BCUT2D eigenvalue weighted by atomic mass is 9.92. The van der Waals surface area contributed by atoms with E-state index in [1.165, 1.54) is 0 Å². The first kappa shape index (κ1) is 18.0. The first-order valence-electron chi connectivity index (χ1n) is 7.53. The smallest absolute Gasteiger partial charge is 0.225 e. The molecule has 128 valence electrons. The highest BCUT2D eigenvalue weighted by molar-refractivity contribution is 6.30. The molecule has 0 spiro atoms. The van der Waals surface area contributed by atoms with Crippen LogP contribution in [0.5, 0.6) is 0 Å². The molecule has 0 aliphatic heterocycles. The standard InChI is InChI=1S/C17H20ClN3O3/c1-17(2,3)13-10-14(19-15(22)8-9-16(23)24)21(20-13)12-6-4-11(18)5-7-12/h4-7,10H,8-9H2,1-3H3,(H,19,22)(H,23,24)/p-1. The molecule has 24 heavy (non-hydrogen) atoms. The maximum Gasteiger partial charge on any atom is 0.225 e. The zero-order chi connectivity index (χ0) is 17.9. The zero-order valence-electron chi connectivity index (χ0n) is 13.8. The van der Waals surface area contributed by atoms with E-state index in [1.54, 1.807) is 35.0 Å². The largest absolute Gasteiger partial charge is 0.550 e. The minimum absolute atomic E-state index is 0.154. The molecule has 1 N–H and O–H groups in total. The molecule has 1 aromatic carbocycles. The number of hydrogen-bond donors (Lipinski definition) is 1. The summed E-state index contributed by atoms with van der Waals surface area (Å²) in [7, 11) is 0. The van der Waals surface area contributed by atoms with E-state index in [1.807, 2.05) is 20.8 Å². The van der Waals surface area contributed by atoms with E-state index in [4.69, 9.17) is 11.6 Å². The molecule has 1 aromatic heterocycles. The summed E-state index contributed by atoms with van der Waals surface area (Å²) in [5.74, 6) is -1.19. The first-order valence-corrected chi connectivity index (χ1v) is 7.91. The van der Waals surface area contributed by atoms with Crippen LogP contribution in [-0.4, -0.2) is 21.7 Å². The molecular formula is C17H19ClN3O3-. The van der Waals surface area contributed by atoms with Crippen molar-refractivity contribution in [3.8, 4) is 5.69 Å². The molecule has 0 bridgehead atoms. The highest BCUT2D eigenvalue weighted by Gasteiger charge is 2.21. The van der Waals surface area contributed by atoms with Gasteiger partial charge in [0.2, 0.25) is 5.91 Å². The van der Waals surface area contributed by atoms with Gasteiger partial charge in [0.05, 0.1) is 11.4 Å². The summed E-state index contributed by atoms with van der Waals surface area (Å²) in [6, 6.07) is 8.83. The molecule has 2 rings (SSSR count). The quantitative estimate of drug-likeness (QED) is 0.898. The number of carboxylic acids is 1. The molecule has 0 radical (unpaired) electrons. The van der Waals surface area contributed by atoms with E-state index in [2.05, 4.69) is 10.4 Å². The third-order valence-electron chi connectivity index (χ3n) is 3.37. The minimum atomic E-state index is -1.26. The number of rotatable bonds is 5. The van der Waals surface area contributed by atoms with Crippen molar-refractivity contribution in [2.75, 3.05) is 5.32 Å². The lowest BCUT2D eigenvalue weighted by Gasteiger charge is -2.14. The Bertz CT molecular complexity index is 745. The van der Waals surface area contributed by atoms with Crippen molar-refractivity contribution in [2.24, 2.45) is 0 Å². The molecule has 0 saturated heterocycles. The SMILES string of the molecule is CC(C)(C)c1cc(NC(=O)CCC(=O)[O-])n(-c2ccc(Cl)cc2)n1. The number of anilines is 1. The summed E-state index contributed by atoms with van der Waals surface area (Å²) >= 11 is 5.91. The third-order valence-corrected chi connectivity index (χ3v) is 3.62. The highest BCUT2D eigenvalue weighted by atomic mass is 35.5. The van der Waals surface area contributed by atoms with Crippen LogP contribution in [0.2, 0.25) is 5.02 Å². The van der Waals surface area contributed by atoms with Crippen molar-refractivity contribution < 1.29 is 14.7 Å². The van der Waals surface area contributed by atoms with E-state index in [9.17, 15) is 14.7 Å². The average molecular weight is 349 g/mol. The fourth-order valence-corrected chi connectivity index (χ4v) is 2.16. The number of aromatic nitrogens is 2. The molecule has 6 nitrogen and oxygen atoms in total. The van der Waals surface area contributed by atoms with E-state index >= 15 is 0 Å². The van der Waals surface area contributed by atoms with Gasteiger partial charge in [0.15, 0.2) is 0 Å². The van der Waals surface area contributed by atoms with Gasteiger partial charge in [-0.25, -0.2) is 4.68 Å². The number of carbonyl (C=O) groups excluding carboxylic acids is 2. The van der Waals surface area contributed by atoms with Crippen LogP contribution >= 0.6 is 11.6 Å². The normalized spacial score (nSPS) is 11.3. The second-order valence-electron chi connectivity index (χ2n) is 6.47. The Kier molecular flexibility index (Phi) is 5.29. The van der Waals surface area contributed by atoms with Crippen LogP contribution in [0.15, 0.2) is 30.3 Å². The molecule has 2 aromatic rings. The van der Waals surface area contributed by atoms with Crippen molar-refractivity contribution in [1.82, 2.24) is 9.78 Å². The Labute approximate surface area is 145 Å². The van der Waals surface area contributed by atoms with Gasteiger partial charge in [0.25, 0.3) is 0 Å². The number of halogens is 1. The van der Waals surface area contributed by atoms with Crippen LogP contribution in [0.25, 0.3) is 5.69 Å². The van der Waals surface area contributed by atoms with E-state index in [0.717, 1.165) is 11.4 Å². The Morgan fingerprint density at radius 2 is 1.83 bits per heavy atom. The molecule has 0 aliphatic rings. The van der Waals surface area contributed by atoms with Crippen LogP contribution < -0.4 is 10.4 Å².